The van der Waals surface area contributed by atoms with Crippen LogP contribution >= 0.6 is 0 Å². The summed E-state index contributed by atoms with van der Waals surface area (Å²) >= 11 is 0. The Morgan fingerprint density at radius 1 is 1.08 bits per heavy atom. The summed E-state index contributed by atoms with van der Waals surface area (Å²) in [5.41, 5.74) is 10.6. The molecule has 4 aromatic rings. The molecule has 0 unspecified atom stereocenters. The number of nitrogens with two attached hydrogens (primary N) is 2. The lowest BCUT2D eigenvalue weighted by Gasteiger charge is -2.15. The molecule has 4 rings (SSSR count). The number of ether oxygens (including phenoxy) is 1. The van der Waals surface area contributed by atoms with E-state index in [4.69, 9.17) is 20.6 Å². The predicted octanol–water partition coefficient (Wildman–Crippen LogP) is 3.33. The average Bonchev–Trinajstić information content (AvgIpc) is 3.30. The zero-order chi connectivity index (χ0) is 26.0. The number of hydrogen-bond acceptors (Lipinski definition) is 7. The Morgan fingerprint density at radius 3 is 2.42 bits per heavy atom. The lowest BCUT2D eigenvalue weighted by atomic mass is 10.1. The van der Waals surface area contributed by atoms with Gasteiger partial charge in [-0.3, -0.25) is 9.59 Å². The van der Waals surface area contributed by atoms with Gasteiger partial charge in [0.1, 0.15) is 23.0 Å². The fraction of sp³-hybridized carbons (Fsp3) is 0.167. The lowest BCUT2D eigenvalue weighted by Crippen LogP contribution is -2.38. The number of amides is 2. The van der Waals surface area contributed by atoms with Gasteiger partial charge in [0.05, 0.1) is 13.7 Å². The predicted molar refractivity (Wildman–Crippen MR) is 123 cm³/mol. The molecule has 186 valence electrons. The van der Waals surface area contributed by atoms with E-state index in [2.05, 4.69) is 15.3 Å². The van der Waals surface area contributed by atoms with Crippen LogP contribution in [0.5, 0.6) is 5.75 Å². The summed E-state index contributed by atoms with van der Waals surface area (Å²) in [6.07, 6.45) is -4.66. The molecule has 2 aromatic heterocycles. The average molecular weight is 499 g/mol. The summed E-state index contributed by atoms with van der Waals surface area (Å²) in [6.45, 7) is -0.215. The number of primary amides is 1. The van der Waals surface area contributed by atoms with E-state index < -0.39 is 29.7 Å². The number of methoxy groups -OCH3 is 1. The Labute approximate surface area is 202 Å². The van der Waals surface area contributed by atoms with Gasteiger partial charge in [-0.15, -0.1) is 0 Å². The van der Waals surface area contributed by atoms with Crippen LogP contribution in [0.3, 0.4) is 0 Å². The van der Waals surface area contributed by atoms with Crippen LogP contribution in [0.4, 0.5) is 13.2 Å². The molecule has 9 nitrogen and oxygen atoms in total. The molecular weight excluding hydrogens is 479 g/mol. The minimum absolute atomic E-state index is 0.00243. The Hall–Kier alpha value is -4.45. The quantitative estimate of drug-likeness (QED) is 0.353. The maximum Gasteiger partial charge on any atom is 0.433 e. The normalized spacial score (nSPS) is 12.4. The highest BCUT2D eigenvalue weighted by atomic mass is 19.4. The summed E-state index contributed by atoms with van der Waals surface area (Å²) in [4.78, 5) is 33.0. The molecule has 0 aliphatic carbocycles. The molecule has 36 heavy (non-hydrogen) atoms. The van der Waals surface area contributed by atoms with Crippen molar-refractivity contribution in [3.05, 3.63) is 77.3 Å². The molecule has 0 radical (unpaired) electrons. The second-order valence-corrected chi connectivity index (χ2v) is 7.62. The zero-order valence-corrected chi connectivity index (χ0v) is 18.8. The summed E-state index contributed by atoms with van der Waals surface area (Å²) < 4.78 is 50.5. The van der Waals surface area contributed by atoms with Gasteiger partial charge in [-0.2, -0.15) is 13.2 Å². The van der Waals surface area contributed by atoms with Gasteiger partial charge in [-0.25, -0.2) is 9.97 Å². The van der Waals surface area contributed by atoms with Crippen molar-refractivity contribution >= 4 is 22.7 Å². The Morgan fingerprint density at radius 2 is 1.81 bits per heavy atom. The van der Waals surface area contributed by atoms with Gasteiger partial charge in [-0.05, 0) is 29.8 Å². The number of alkyl halides is 3. The number of carbonyl (C=O) groups excluding carboxylic acids is 2. The van der Waals surface area contributed by atoms with Crippen LogP contribution in [-0.4, -0.2) is 28.9 Å². The molecule has 0 spiro atoms. The van der Waals surface area contributed by atoms with Crippen molar-refractivity contribution < 1.29 is 31.9 Å². The molecule has 12 heteroatoms. The fourth-order valence-electron chi connectivity index (χ4n) is 3.65. The third-order valence-electron chi connectivity index (χ3n) is 5.35. The largest absolute Gasteiger partial charge is 0.494 e. The van der Waals surface area contributed by atoms with Crippen LogP contribution in [0.1, 0.15) is 33.5 Å². The standard InChI is InChI=1S/C24H20F3N5O4/c1-35-15-9-7-14(13-8-10-17(24(25,26)27)30-19(13)15)23-32-20(16(11-28)36-23)22(34)31-18(21(29)33)12-5-3-2-4-6-12/h2-10,18H,11,28H2,1H3,(H2,29,33)(H,31,34)/t18-/m1/s1. The molecule has 0 bridgehead atoms. The maximum atomic E-state index is 13.2. The zero-order valence-electron chi connectivity index (χ0n) is 18.8. The number of halogens is 3. The van der Waals surface area contributed by atoms with Gasteiger partial charge in [0.15, 0.2) is 11.5 Å². The van der Waals surface area contributed by atoms with Crippen molar-refractivity contribution in [2.24, 2.45) is 11.5 Å². The Kier molecular flexibility index (Phi) is 6.62. The highest BCUT2D eigenvalue weighted by molar-refractivity contribution is 5.99. The topological polar surface area (TPSA) is 146 Å². The van der Waals surface area contributed by atoms with Gasteiger partial charge < -0.3 is 25.9 Å². The molecule has 0 saturated heterocycles. The first-order valence-electron chi connectivity index (χ1n) is 10.5. The molecule has 2 heterocycles. The molecule has 0 fully saturated rings. The minimum atomic E-state index is -4.66. The van der Waals surface area contributed by atoms with Gasteiger partial charge >= 0.3 is 6.18 Å². The first kappa shape index (κ1) is 24.7. The number of pyridine rings is 1. The van der Waals surface area contributed by atoms with Crippen molar-refractivity contribution in [2.75, 3.05) is 7.11 Å². The number of carbonyl (C=O) groups is 2. The van der Waals surface area contributed by atoms with Crippen LogP contribution in [0.2, 0.25) is 0 Å². The Balaban J connectivity index is 1.76. The van der Waals surface area contributed by atoms with E-state index in [-0.39, 0.29) is 46.1 Å². The number of hydrogen-bond donors (Lipinski definition) is 3. The van der Waals surface area contributed by atoms with Gasteiger partial charge in [0.25, 0.3) is 5.91 Å². The number of benzene rings is 2. The number of oxazole rings is 1. The highest BCUT2D eigenvalue weighted by Crippen LogP contribution is 2.37. The van der Waals surface area contributed by atoms with E-state index in [1.165, 1.54) is 25.3 Å². The van der Waals surface area contributed by atoms with Crippen molar-refractivity contribution in [1.82, 2.24) is 15.3 Å². The molecule has 2 aromatic carbocycles. The van der Waals surface area contributed by atoms with Crippen LogP contribution in [-0.2, 0) is 17.5 Å². The second kappa shape index (κ2) is 9.66. The van der Waals surface area contributed by atoms with E-state index in [0.29, 0.717) is 5.56 Å². The first-order valence-corrected chi connectivity index (χ1v) is 10.5. The van der Waals surface area contributed by atoms with E-state index in [9.17, 15) is 22.8 Å². The van der Waals surface area contributed by atoms with E-state index in [1.54, 1.807) is 30.3 Å². The van der Waals surface area contributed by atoms with Crippen molar-refractivity contribution in [3.63, 3.8) is 0 Å². The second-order valence-electron chi connectivity index (χ2n) is 7.62. The summed E-state index contributed by atoms with van der Waals surface area (Å²) in [5.74, 6) is -1.53. The third-order valence-corrected chi connectivity index (χ3v) is 5.35. The Bertz CT molecular complexity index is 1440. The van der Waals surface area contributed by atoms with Crippen LogP contribution < -0.4 is 21.5 Å². The lowest BCUT2D eigenvalue weighted by molar-refractivity contribution is -0.141. The number of nitrogens with one attached hydrogen (secondary N) is 1. The van der Waals surface area contributed by atoms with Crippen LogP contribution in [0.15, 0.2) is 59.0 Å². The molecule has 0 aliphatic rings. The monoisotopic (exact) mass is 499 g/mol. The number of fused-ring (bicyclic) bond motifs is 1. The number of aromatic nitrogens is 2. The summed E-state index contributed by atoms with van der Waals surface area (Å²) in [6, 6.07) is 12.2. The summed E-state index contributed by atoms with van der Waals surface area (Å²) in [7, 11) is 1.30. The fourth-order valence-corrected chi connectivity index (χ4v) is 3.65. The van der Waals surface area contributed by atoms with Gasteiger partial charge in [0.2, 0.25) is 11.8 Å². The molecule has 2 amide bonds. The van der Waals surface area contributed by atoms with Gasteiger partial charge in [-0.1, -0.05) is 30.3 Å². The molecule has 0 aliphatic heterocycles. The molecular formula is C24H20F3N5O4. The summed E-state index contributed by atoms with van der Waals surface area (Å²) in [5, 5.41) is 2.77. The van der Waals surface area contributed by atoms with E-state index in [1.807, 2.05) is 0 Å². The van der Waals surface area contributed by atoms with Crippen molar-refractivity contribution in [3.8, 4) is 17.2 Å². The maximum absolute atomic E-state index is 13.2. The van der Waals surface area contributed by atoms with Crippen LogP contribution in [0.25, 0.3) is 22.4 Å². The molecule has 1 atom stereocenters. The van der Waals surface area contributed by atoms with Crippen molar-refractivity contribution in [1.29, 1.82) is 0 Å². The van der Waals surface area contributed by atoms with E-state index in [0.717, 1.165) is 6.07 Å². The van der Waals surface area contributed by atoms with Crippen LogP contribution in [0, 0.1) is 0 Å². The SMILES string of the molecule is COc1ccc(-c2nc(C(=O)N[C@@H](C(N)=O)c3ccccc3)c(CN)o2)c2ccc(C(F)(F)F)nc12. The number of rotatable bonds is 7. The first-order chi connectivity index (χ1) is 17.1. The molecule has 0 saturated carbocycles. The highest BCUT2D eigenvalue weighted by Gasteiger charge is 2.33. The van der Waals surface area contributed by atoms with Gasteiger partial charge in [0, 0.05) is 10.9 Å². The third kappa shape index (κ3) is 4.70. The minimum Gasteiger partial charge on any atom is -0.494 e. The molecule has 5 N–H and O–H groups in total. The van der Waals surface area contributed by atoms with E-state index >= 15 is 0 Å². The number of nitrogens with zero attached hydrogens (tertiary/aromatic N) is 2. The van der Waals surface area contributed by atoms with Crippen molar-refractivity contribution in [2.45, 2.75) is 18.8 Å². The smallest absolute Gasteiger partial charge is 0.433 e.